The maximum atomic E-state index is 14.4. The van der Waals surface area contributed by atoms with Gasteiger partial charge >= 0.3 is 6.09 Å². The van der Waals surface area contributed by atoms with Crippen molar-refractivity contribution in [1.29, 1.82) is 0 Å². The number of hydrogen-bond donors (Lipinski definition) is 0. The normalized spacial score (nSPS) is 28.9. The lowest BCUT2D eigenvalue weighted by Gasteiger charge is -2.49. The van der Waals surface area contributed by atoms with E-state index in [-0.39, 0.29) is 36.3 Å². The number of benzene rings is 1. The molecule has 2 aliphatic heterocycles. The van der Waals surface area contributed by atoms with E-state index in [1.807, 2.05) is 4.90 Å². The molecule has 0 aromatic heterocycles. The van der Waals surface area contributed by atoms with Crippen LogP contribution in [-0.2, 0) is 14.8 Å². The Balaban J connectivity index is 1.48. The monoisotopic (exact) mass is 458 g/mol. The predicted molar refractivity (Wildman–Crippen MR) is 111 cm³/mol. The molecule has 3 aliphatic rings. The number of ether oxygens (including phenoxy) is 1. The number of nitrogens with zero attached hydrogens (tertiary/aromatic N) is 2. The Hall–Kier alpha value is -1.38. The number of rotatable bonds is 3. The van der Waals surface area contributed by atoms with Crippen LogP contribution in [-0.4, -0.2) is 55.5 Å². The molecule has 3 fully saturated rings. The number of piperidine rings is 1. The predicted octanol–water partition coefficient (Wildman–Crippen LogP) is 4.20. The van der Waals surface area contributed by atoms with Gasteiger partial charge < -0.3 is 9.64 Å². The average Bonchev–Trinajstić information content (AvgIpc) is 2.71. The van der Waals surface area contributed by atoms with Gasteiger partial charge in [-0.3, -0.25) is 0 Å². The molecule has 1 saturated carbocycles. The standard InChI is InChI=1S/C21H28ClFN2O4S/c1-13-3-4-19-15(9-13)12-29-21(26)25(19)16-5-7-24(8-6-16)30(27,28)20-11-17(22)14(2)10-18(20)23/h10-11,13,15-16,19H,3-9,12H2,1-2H3. The van der Waals surface area contributed by atoms with E-state index >= 15 is 0 Å². The second-order valence-electron chi connectivity index (χ2n) is 8.90. The number of hydrogen-bond acceptors (Lipinski definition) is 4. The summed E-state index contributed by atoms with van der Waals surface area (Å²) in [5.41, 5.74) is 0.492. The number of halogens is 2. The van der Waals surface area contributed by atoms with Gasteiger partial charge in [0.1, 0.15) is 10.7 Å². The smallest absolute Gasteiger partial charge is 0.410 e. The van der Waals surface area contributed by atoms with Gasteiger partial charge in [0.25, 0.3) is 0 Å². The fraction of sp³-hybridized carbons (Fsp3) is 0.667. The Labute approximate surface area is 182 Å². The second kappa shape index (κ2) is 8.28. The highest BCUT2D eigenvalue weighted by atomic mass is 35.5. The SMILES string of the molecule is Cc1cc(F)c(S(=O)(=O)N2CCC(N3C(=O)OCC4CC(C)CCC43)CC2)cc1Cl. The van der Waals surface area contributed by atoms with E-state index in [9.17, 15) is 17.6 Å². The number of carbonyl (C=O) groups excluding carboxylic acids is 1. The van der Waals surface area contributed by atoms with Gasteiger partial charge in [0.2, 0.25) is 10.0 Å². The molecular weight excluding hydrogens is 431 g/mol. The van der Waals surface area contributed by atoms with E-state index in [2.05, 4.69) is 6.92 Å². The van der Waals surface area contributed by atoms with E-state index in [4.69, 9.17) is 16.3 Å². The van der Waals surface area contributed by atoms with E-state index in [1.165, 1.54) is 10.4 Å². The van der Waals surface area contributed by atoms with Crippen molar-refractivity contribution in [2.45, 2.75) is 62.9 Å². The van der Waals surface area contributed by atoms with Crippen LogP contribution in [0.4, 0.5) is 9.18 Å². The fourth-order valence-corrected chi connectivity index (χ4v) is 6.93. The first kappa shape index (κ1) is 21.8. The first-order valence-electron chi connectivity index (χ1n) is 10.6. The molecule has 30 heavy (non-hydrogen) atoms. The molecule has 0 radical (unpaired) electrons. The quantitative estimate of drug-likeness (QED) is 0.680. The van der Waals surface area contributed by atoms with Crippen LogP contribution in [0.15, 0.2) is 17.0 Å². The molecule has 4 rings (SSSR count). The van der Waals surface area contributed by atoms with E-state index < -0.39 is 20.7 Å². The van der Waals surface area contributed by atoms with Gasteiger partial charge in [0.15, 0.2) is 0 Å². The van der Waals surface area contributed by atoms with Gasteiger partial charge in [-0.25, -0.2) is 17.6 Å². The van der Waals surface area contributed by atoms with Crippen molar-refractivity contribution in [2.24, 2.45) is 11.8 Å². The Bertz CT molecular complexity index is 933. The summed E-state index contributed by atoms with van der Waals surface area (Å²) in [7, 11) is -3.99. The van der Waals surface area contributed by atoms with Crippen molar-refractivity contribution in [1.82, 2.24) is 9.21 Å². The zero-order chi connectivity index (χ0) is 21.6. The molecule has 2 heterocycles. The number of fused-ring (bicyclic) bond motifs is 1. The van der Waals surface area contributed by atoms with Gasteiger partial charge in [0, 0.05) is 36.1 Å². The molecule has 166 valence electrons. The summed E-state index contributed by atoms with van der Waals surface area (Å²) in [5.74, 6) is 0.183. The Morgan fingerprint density at radius 1 is 1.17 bits per heavy atom. The molecule has 1 amide bonds. The fourth-order valence-electron chi connectivity index (χ4n) is 5.16. The molecule has 0 spiro atoms. The van der Waals surface area contributed by atoms with Gasteiger partial charge in [-0.15, -0.1) is 0 Å². The zero-order valence-electron chi connectivity index (χ0n) is 17.3. The number of aryl methyl sites for hydroxylation is 1. The molecule has 2 saturated heterocycles. The average molecular weight is 459 g/mol. The van der Waals surface area contributed by atoms with Crippen LogP contribution in [0.3, 0.4) is 0 Å². The highest BCUT2D eigenvalue weighted by Crippen LogP contribution is 2.38. The van der Waals surface area contributed by atoms with Crippen LogP contribution in [0.25, 0.3) is 0 Å². The summed E-state index contributed by atoms with van der Waals surface area (Å²) in [5, 5.41) is 0.221. The van der Waals surface area contributed by atoms with Crippen molar-refractivity contribution in [3.8, 4) is 0 Å². The Kier molecular flexibility index (Phi) is 6.03. The van der Waals surface area contributed by atoms with Crippen LogP contribution >= 0.6 is 11.6 Å². The minimum atomic E-state index is -3.99. The third kappa shape index (κ3) is 3.94. The number of carbonyl (C=O) groups is 1. The van der Waals surface area contributed by atoms with Gasteiger partial charge in [-0.2, -0.15) is 4.31 Å². The molecule has 3 unspecified atom stereocenters. The maximum absolute atomic E-state index is 14.4. The third-order valence-corrected chi connectivity index (χ3v) is 9.16. The lowest BCUT2D eigenvalue weighted by molar-refractivity contribution is -0.0410. The number of cyclic esters (lactones) is 1. The molecule has 0 N–H and O–H groups in total. The topological polar surface area (TPSA) is 66.9 Å². The Morgan fingerprint density at radius 3 is 2.57 bits per heavy atom. The molecule has 9 heteroatoms. The van der Waals surface area contributed by atoms with E-state index in [0.717, 1.165) is 25.3 Å². The molecule has 1 aromatic carbocycles. The first-order valence-corrected chi connectivity index (χ1v) is 12.4. The summed E-state index contributed by atoms with van der Waals surface area (Å²) >= 11 is 6.04. The van der Waals surface area contributed by atoms with Gasteiger partial charge in [0.05, 0.1) is 6.61 Å². The highest BCUT2D eigenvalue weighted by molar-refractivity contribution is 7.89. The minimum absolute atomic E-state index is 0.0587. The first-order chi connectivity index (χ1) is 14.2. The van der Waals surface area contributed by atoms with Crippen molar-refractivity contribution in [3.05, 3.63) is 28.5 Å². The summed E-state index contributed by atoms with van der Waals surface area (Å²) in [4.78, 5) is 14.0. The van der Waals surface area contributed by atoms with Gasteiger partial charge in [-0.1, -0.05) is 18.5 Å². The van der Waals surface area contributed by atoms with Crippen LogP contribution in [0.5, 0.6) is 0 Å². The molecule has 1 aliphatic carbocycles. The number of amides is 1. The third-order valence-electron chi connectivity index (χ3n) is 6.84. The van der Waals surface area contributed by atoms with Crippen LogP contribution in [0, 0.1) is 24.6 Å². The summed E-state index contributed by atoms with van der Waals surface area (Å²) in [6.45, 7) is 4.80. The summed E-state index contributed by atoms with van der Waals surface area (Å²) in [6, 6.07) is 2.44. The van der Waals surface area contributed by atoms with Crippen molar-refractivity contribution < 1.29 is 22.3 Å². The molecule has 1 aromatic rings. The molecule has 6 nitrogen and oxygen atoms in total. The minimum Gasteiger partial charge on any atom is -0.449 e. The summed E-state index contributed by atoms with van der Waals surface area (Å²) in [6.07, 6.45) is 3.83. The zero-order valence-corrected chi connectivity index (χ0v) is 18.9. The van der Waals surface area contributed by atoms with E-state index in [0.29, 0.717) is 36.8 Å². The molecule has 0 bridgehead atoms. The molecular formula is C21H28ClFN2O4S. The van der Waals surface area contributed by atoms with Crippen LogP contribution in [0.2, 0.25) is 5.02 Å². The summed E-state index contributed by atoms with van der Waals surface area (Å²) < 4.78 is 47.1. The largest absolute Gasteiger partial charge is 0.449 e. The van der Waals surface area contributed by atoms with E-state index in [1.54, 1.807) is 6.92 Å². The van der Waals surface area contributed by atoms with Crippen molar-refractivity contribution >= 4 is 27.7 Å². The lowest BCUT2D eigenvalue weighted by Crippen LogP contribution is -2.59. The second-order valence-corrected chi connectivity index (χ2v) is 11.2. The lowest BCUT2D eigenvalue weighted by atomic mass is 9.77. The highest BCUT2D eigenvalue weighted by Gasteiger charge is 2.45. The van der Waals surface area contributed by atoms with Crippen LogP contribution in [0.1, 0.15) is 44.6 Å². The van der Waals surface area contributed by atoms with Crippen molar-refractivity contribution in [2.75, 3.05) is 19.7 Å². The van der Waals surface area contributed by atoms with Crippen LogP contribution < -0.4 is 0 Å². The number of sulfonamides is 1. The molecule has 3 atom stereocenters. The maximum Gasteiger partial charge on any atom is 0.410 e. The Morgan fingerprint density at radius 2 is 1.87 bits per heavy atom. The van der Waals surface area contributed by atoms with Gasteiger partial charge in [-0.05, 0) is 62.6 Å². The van der Waals surface area contributed by atoms with Crippen molar-refractivity contribution in [3.63, 3.8) is 0 Å².